The molecule has 0 bridgehead atoms. The molecule has 2 N–H and O–H groups in total. The van der Waals surface area contributed by atoms with Gasteiger partial charge in [0.05, 0.1) is 5.69 Å². The number of rotatable bonds is 4. The predicted molar refractivity (Wildman–Crippen MR) is 114 cm³/mol. The molecule has 2 heterocycles. The van der Waals surface area contributed by atoms with Crippen LogP contribution in [-0.2, 0) is 16.0 Å². The van der Waals surface area contributed by atoms with Gasteiger partial charge < -0.3 is 10.6 Å². The Bertz CT molecular complexity index is 933. The number of guanidine groups is 1. The number of likely N-dealkylation sites (tertiary alicyclic amines) is 1. The highest BCUT2D eigenvalue weighted by Crippen LogP contribution is 2.29. The molecule has 2 aromatic rings. The van der Waals surface area contributed by atoms with E-state index in [4.69, 9.17) is 10.7 Å². The van der Waals surface area contributed by atoms with Crippen molar-refractivity contribution in [2.75, 3.05) is 18.0 Å². The van der Waals surface area contributed by atoms with Crippen LogP contribution in [0.4, 0.5) is 5.69 Å². The van der Waals surface area contributed by atoms with Crippen LogP contribution in [0.3, 0.4) is 0 Å². The molecule has 1 fully saturated rings. The molecule has 29 heavy (non-hydrogen) atoms. The van der Waals surface area contributed by atoms with Crippen molar-refractivity contribution in [3.63, 3.8) is 0 Å². The highest BCUT2D eigenvalue weighted by atomic mass is 16.2. The van der Waals surface area contributed by atoms with E-state index in [1.807, 2.05) is 61.5 Å². The number of hydrogen-bond acceptors (Lipinski definition) is 4. The van der Waals surface area contributed by atoms with Crippen molar-refractivity contribution in [2.24, 2.45) is 16.6 Å². The van der Waals surface area contributed by atoms with Crippen LogP contribution in [0.15, 0.2) is 59.6 Å². The van der Waals surface area contributed by atoms with Crippen LogP contribution in [0.1, 0.15) is 24.0 Å². The predicted octanol–water partition coefficient (Wildman–Crippen LogP) is 2.51. The number of primary amides is 1. The molecular formula is C23H26N4O2. The second kappa shape index (κ2) is 8.07. The van der Waals surface area contributed by atoms with Gasteiger partial charge in [0.2, 0.25) is 11.9 Å². The van der Waals surface area contributed by atoms with E-state index in [1.165, 1.54) is 0 Å². The van der Waals surface area contributed by atoms with Gasteiger partial charge in [-0.25, -0.2) is 9.89 Å². The number of carbonyl (C=O) groups excluding carboxylic acids is 2. The molecule has 1 atom stereocenters. The van der Waals surface area contributed by atoms with E-state index >= 15 is 0 Å². The van der Waals surface area contributed by atoms with Gasteiger partial charge in [-0.3, -0.25) is 9.59 Å². The maximum Gasteiger partial charge on any atom is 0.259 e. The van der Waals surface area contributed by atoms with Crippen LogP contribution in [0.2, 0.25) is 0 Å². The van der Waals surface area contributed by atoms with Crippen LogP contribution in [0.5, 0.6) is 0 Å². The summed E-state index contributed by atoms with van der Waals surface area (Å²) in [6.07, 6.45) is 1.95. The number of amides is 2. The van der Waals surface area contributed by atoms with Crippen LogP contribution >= 0.6 is 0 Å². The molecule has 150 valence electrons. The van der Waals surface area contributed by atoms with Crippen molar-refractivity contribution in [2.45, 2.75) is 32.2 Å². The number of aliphatic imine (C=N–C) groups is 1. The summed E-state index contributed by atoms with van der Waals surface area (Å²) >= 11 is 0. The number of benzene rings is 2. The second-order valence-corrected chi connectivity index (χ2v) is 7.76. The number of nitrogens with two attached hydrogens (primary N) is 1. The molecule has 0 saturated carbocycles. The third kappa shape index (κ3) is 3.88. The first kappa shape index (κ1) is 19.2. The summed E-state index contributed by atoms with van der Waals surface area (Å²) in [4.78, 5) is 33.7. The molecule has 0 aliphatic carbocycles. The van der Waals surface area contributed by atoms with Gasteiger partial charge in [-0.2, -0.15) is 0 Å². The van der Waals surface area contributed by atoms with E-state index in [-0.39, 0.29) is 17.7 Å². The molecule has 6 nitrogen and oxygen atoms in total. The van der Waals surface area contributed by atoms with Crippen molar-refractivity contribution < 1.29 is 9.59 Å². The zero-order valence-corrected chi connectivity index (χ0v) is 16.6. The largest absolute Gasteiger partial charge is 0.369 e. The number of carbonyl (C=O) groups is 2. The Balaban J connectivity index is 1.64. The topological polar surface area (TPSA) is 79.0 Å². The zero-order valence-electron chi connectivity index (χ0n) is 16.6. The zero-order chi connectivity index (χ0) is 20.4. The molecule has 1 unspecified atom stereocenters. The second-order valence-electron chi connectivity index (χ2n) is 7.76. The standard InChI is InChI=1S/C23H26N4O2/c1-16-7-5-6-10-20(16)27-22(29)19(15-17-8-3-2-4-9-17)25-23(27)26-13-11-18(12-14-26)21(24)28/h2-10,18-19H,11-15H2,1H3,(H2,24,28). The van der Waals surface area contributed by atoms with Crippen molar-refractivity contribution in [3.8, 4) is 0 Å². The molecule has 2 aliphatic heterocycles. The van der Waals surface area contributed by atoms with Gasteiger partial charge in [0.25, 0.3) is 5.91 Å². The summed E-state index contributed by atoms with van der Waals surface area (Å²) in [6.45, 7) is 3.34. The Morgan fingerprint density at radius 3 is 2.38 bits per heavy atom. The van der Waals surface area contributed by atoms with Gasteiger partial charge in [0.1, 0.15) is 6.04 Å². The van der Waals surface area contributed by atoms with E-state index in [9.17, 15) is 9.59 Å². The molecule has 2 aliphatic rings. The summed E-state index contributed by atoms with van der Waals surface area (Å²) in [5.41, 5.74) is 8.47. The Kier molecular flexibility index (Phi) is 5.34. The third-order valence-corrected chi connectivity index (χ3v) is 5.79. The molecule has 0 aromatic heterocycles. The van der Waals surface area contributed by atoms with E-state index in [0.29, 0.717) is 38.3 Å². The summed E-state index contributed by atoms with van der Waals surface area (Å²) < 4.78 is 0. The number of aryl methyl sites for hydroxylation is 1. The van der Waals surface area contributed by atoms with E-state index < -0.39 is 6.04 Å². The van der Waals surface area contributed by atoms with Crippen molar-refractivity contribution in [1.29, 1.82) is 0 Å². The Hall–Kier alpha value is -3.15. The average Bonchev–Trinajstić information content (AvgIpc) is 3.05. The van der Waals surface area contributed by atoms with Gasteiger partial charge in [-0.15, -0.1) is 0 Å². The Morgan fingerprint density at radius 2 is 1.72 bits per heavy atom. The fraction of sp³-hybridized carbons (Fsp3) is 0.348. The quantitative estimate of drug-likeness (QED) is 0.871. The minimum Gasteiger partial charge on any atom is -0.369 e. The smallest absolute Gasteiger partial charge is 0.259 e. The summed E-state index contributed by atoms with van der Waals surface area (Å²) in [5, 5.41) is 0. The van der Waals surface area contributed by atoms with Gasteiger partial charge in [0, 0.05) is 25.4 Å². The maximum absolute atomic E-state index is 13.4. The first-order valence-electron chi connectivity index (χ1n) is 10.1. The third-order valence-electron chi connectivity index (χ3n) is 5.79. The van der Waals surface area contributed by atoms with Gasteiger partial charge in [-0.1, -0.05) is 48.5 Å². The number of piperidine rings is 1. The van der Waals surface area contributed by atoms with Crippen LogP contribution in [-0.4, -0.2) is 41.8 Å². The first-order valence-corrected chi connectivity index (χ1v) is 10.1. The van der Waals surface area contributed by atoms with Crippen molar-refractivity contribution >= 4 is 23.5 Å². The first-order chi connectivity index (χ1) is 14.0. The molecule has 0 radical (unpaired) electrons. The normalized spacial score (nSPS) is 20.1. The molecule has 4 rings (SSSR count). The molecule has 0 spiro atoms. The summed E-state index contributed by atoms with van der Waals surface area (Å²) in [5.74, 6) is 0.339. The van der Waals surface area contributed by atoms with Gasteiger partial charge in [-0.05, 0) is 37.0 Å². The summed E-state index contributed by atoms with van der Waals surface area (Å²) in [6, 6.07) is 17.4. The fourth-order valence-corrected chi connectivity index (χ4v) is 4.10. The van der Waals surface area contributed by atoms with Crippen molar-refractivity contribution in [1.82, 2.24) is 4.90 Å². The van der Waals surface area contributed by atoms with Gasteiger partial charge >= 0.3 is 0 Å². The molecule has 1 saturated heterocycles. The molecular weight excluding hydrogens is 364 g/mol. The van der Waals surface area contributed by atoms with Crippen LogP contribution < -0.4 is 10.6 Å². The van der Waals surface area contributed by atoms with E-state index in [2.05, 4.69) is 4.90 Å². The molecule has 2 amide bonds. The lowest BCUT2D eigenvalue weighted by atomic mass is 9.96. The number of nitrogens with zero attached hydrogens (tertiary/aromatic N) is 3. The fourth-order valence-electron chi connectivity index (χ4n) is 4.10. The Morgan fingerprint density at radius 1 is 1.07 bits per heavy atom. The monoisotopic (exact) mass is 390 g/mol. The highest BCUT2D eigenvalue weighted by Gasteiger charge is 2.40. The SMILES string of the molecule is Cc1ccccc1N1C(=O)C(Cc2ccccc2)N=C1N1CCC(C(N)=O)CC1. The van der Waals surface area contributed by atoms with Crippen LogP contribution in [0.25, 0.3) is 0 Å². The number of anilines is 1. The molecule has 6 heteroatoms. The van der Waals surface area contributed by atoms with E-state index in [0.717, 1.165) is 16.8 Å². The average molecular weight is 390 g/mol. The minimum absolute atomic E-state index is 0.00447. The van der Waals surface area contributed by atoms with E-state index in [1.54, 1.807) is 4.90 Å². The summed E-state index contributed by atoms with van der Waals surface area (Å²) in [7, 11) is 0. The van der Waals surface area contributed by atoms with Gasteiger partial charge in [0.15, 0.2) is 0 Å². The maximum atomic E-state index is 13.4. The highest BCUT2D eigenvalue weighted by molar-refractivity contribution is 6.22. The number of hydrogen-bond donors (Lipinski definition) is 1. The van der Waals surface area contributed by atoms with Crippen LogP contribution in [0, 0.1) is 12.8 Å². The van der Waals surface area contributed by atoms with Crippen molar-refractivity contribution in [3.05, 3.63) is 65.7 Å². The number of para-hydroxylation sites is 1. The lowest BCUT2D eigenvalue weighted by Crippen LogP contribution is -2.49. The molecule has 2 aromatic carbocycles. The lowest BCUT2D eigenvalue weighted by molar-refractivity contribution is -0.123. The lowest BCUT2D eigenvalue weighted by Gasteiger charge is -2.35. The Labute approximate surface area is 171 Å². The minimum atomic E-state index is -0.444.